The molecule has 0 amide bonds. The van der Waals surface area contributed by atoms with Crippen molar-refractivity contribution >= 4 is 21.6 Å². The number of hydrogen-bond acceptors (Lipinski definition) is 5. The molecule has 0 aromatic carbocycles. The predicted molar refractivity (Wildman–Crippen MR) is 105 cm³/mol. The Labute approximate surface area is 158 Å². The molecule has 0 unspecified atom stereocenters. The van der Waals surface area contributed by atoms with Gasteiger partial charge in [0, 0.05) is 60.3 Å². The first-order valence-electron chi connectivity index (χ1n) is 9.11. The quantitative estimate of drug-likeness (QED) is 0.666. The van der Waals surface area contributed by atoms with Gasteiger partial charge >= 0.3 is 0 Å². The molecule has 138 valence electrons. The zero-order chi connectivity index (χ0) is 17.9. The Kier molecular flexibility index (Phi) is 5.24. The SMILES string of the molecule is COc1ncccc1Cc1cc2cc(C)n(CCN3CCOCC3)c2s1. The van der Waals surface area contributed by atoms with E-state index in [4.69, 9.17) is 9.47 Å². The Morgan fingerprint density at radius 2 is 2.08 bits per heavy atom. The number of fused-ring (bicyclic) bond motifs is 1. The average Bonchev–Trinajstić information content (AvgIpc) is 3.17. The molecule has 4 rings (SSSR count). The van der Waals surface area contributed by atoms with E-state index in [0.29, 0.717) is 0 Å². The molecular weight excluding hydrogens is 346 g/mol. The highest BCUT2D eigenvalue weighted by molar-refractivity contribution is 7.18. The van der Waals surface area contributed by atoms with E-state index in [2.05, 4.69) is 39.6 Å². The van der Waals surface area contributed by atoms with Gasteiger partial charge in [0.25, 0.3) is 0 Å². The minimum atomic E-state index is 0.719. The lowest BCUT2D eigenvalue weighted by molar-refractivity contribution is 0.0365. The van der Waals surface area contributed by atoms with Crippen molar-refractivity contribution in [2.45, 2.75) is 19.9 Å². The molecule has 3 aromatic heterocycles. The average molecular weight is 372 g/mol. The standard InChI is InChI=1S/C20H25N3O2S/c1-15-12-17-14-18(13-16-4-3-5-21-19(16)24-2)26-20(17)23(15)7-6-22-8-10-25-11-9-22/h3-5,12,14H,6-11,13H2,1-2H3. The fraction of sp³-hybridized carbons (Fsp3) is 0.450. The minimum Gasteiger partial charge on any atom is -0.481 e. The van der Waals surface area contributed by atoms with Crippen LogP contribution in [0.5, 0.6) is 5.88 Å². The van der Waals surface area contributed by atoms with Gasteiger partial charge in [-0.15, -0.1) is 11.3 Å². The molecule has 6 heteroatoms. The lowest BCUT2D eigenvalue weighted by atomic mass is 10.1. The van der Waals surface area contributed by atoms with Gasteiger partial charge in [-0.3, -0.25) is 4.90 Å². The summed E-state index contributed by atoms with van der Waals surface area (Å²) in [4.78, 5) is 9.52. The van der Waals surface area contributed by atoms with E-state index in [0.717, 1.165) is 57.3 Å². The third-order valence-electron chi connectivity index (χ3n) is 4.98. The molecule has 0 N–H and O–H groups in total. The van der Waals surface area contributed by atoms with Gasteiger partial charge in [0.15, 0.2) is 0 Å². The van der Waals surface area contributed by atoms with Gasteiger partial charge in [-0.25, -0.2) is 4.98 Å². The first-order chi connectivity index (χ1) is 12.7. The van der Waals surface area contributed by atoms with Crippen LogP contribution in [0.1, 0.15) is 16.1 Å². The van der Waals surface area contributed by atoms with Crippen LogP contribution in [0.4, 0.5) is 0 Å². The van der Waals surface area contributed by atoms with Crippen molar-refractivity contribution in [3.8, 4) is 5.88 Å². The number of aryl methyl sites for hydroxylation is 1. The monoisotopic (exact) mass is 371 g/mol. The van der Waals surface area contributed by atoms with Crippen molar-refractivity contribution in [1.82, 2.24) is 14.5 Å². The summed E-state index contributed by atoms with van der Waals surface area (Å²) < 4.78 is 13.3. The fourth-order valence-corrected chi connectivity index (χ4v) is 4.83. The fourth-order valence-electron chi connectivity index (χ4n) is 3.59. The van der Waals surface area contributed by atoms with E-state index >= 15 is 0 Å². The number of methoxy groups -OCH3 is 1. The highest BCUT2D eigenvalue weighted by Gasteiger charge is 2.15. The molecule has 1 fully saturated rings. The lowest BCUT2D eigenvalue weighted by Gasteiger charge is -2.26. The van der Waals surface area contributed by atoms with Crippen molar-refractivity contribution < 1.29 is 9.47 Å². The molecule has 0 saturated carbocycles. The topological polar surface area (TPSA) is 39.5 Å². The number of aromatic nitrogens is 2. The van der Waals surface area contributed by atoms with E-state index < -0.39 is 0 Å². The summed E-state index contributed by atoms with van der Waals surface area (Å²) in [6.45, 7) is 8.12. The summed E-state index contributed by atoms with van der Waals surface area (Å²) in [5.41, 5.74) is 2.47. The second-order valence-corrected chi connectivity index (χ2v) is 7.83. The van der Waals surface area contributed by atoms with Gasteiger partial charge in [0.1, 0.15) is 4.83 Å². The Morgan fingerprint density at radius 1 is 1.23 bits per heavy atom. The highest BCUT2D eigenvalue weighted by atomic mass is 32.1. The lowest BCUT2D eigenvalue weighted by Crippen LogP contribution is -2.38. The second-order valence-electron chi connectivity index (χ2n) is 6.71. The molecule has 5 nitrogen and oxygen atoms in total. The Morgan fingerprint density at radius 3 is 2.88 bits per heavy atom. The van der Waals surface area contributed by atoms with Crippen molar-refractivity contribution in [3.05, 3.63) is 46.6 Å². The molecule has 0 bridgehead atoms. The summed E-state index contributed by atoms with van der Waals surface area (Å²) in [5.74, 6) is 0.719. The van der Waals surface area contributed by atoms with Crippen LogP contribution in [0.3, 0.4) is 0 Å². The van der Waals surface area contributed by atoms with Gasteiger partial charge in [-0.1, -0.05) is 6.07 Å². The molecule has 0 atom stereocenters. The first-order valence-corrected chi connectivity index (χ1v) is 9.93. The molecule has 1 saturated heterocycles. The summed E-state index contributed by atoms with van der Waals surface area (Å²) in [7, 11) is 1.68. The predicted octanol–water partition coefficient (Wildman–Crippen LogP) is 3.34. The Hall–Kier alpha value is -1.89. The minimum absolute atomic E-state index is 0.719. The van der Waals surface area contributed by atoms with Gasteiger partial charge < -0.3 is 14.0 Å². The Bertz CT molecular complexity index is 880. The van der Waals surface area contributed by atoms with Crippen molar-refractivity contribution in [3.63, 3.8) is 0 Å². The largest absolute Gasteiger partial charge is 0.481 e. The number of morpholine rings is 1. The van der Waals surface area contributed by atoms with E-state index in [1.807, 2.05) is 17.4 Å². The second kappa shape index (κ2) is 7.78. The molecule has 4 heterocycles. The number of rotatable bonds is 6. The molecule has 3 aromatic rings. The number of pyridine rings is 1. The van der Waals surface area contributed by atoms with Crippen LogP contribution in [0, 0.1) is 6.92 Å². The maximum atomic E-state index is 5.45. The molecule has 0 radical (unpaired) electrons. The molecule has 26 heavy (non-hydrogen) atoms. The number of thiophene rings is 1. The highest BCUT2D eigenvalue weighted by Crippen LogP contribution is 2.31. The molecule has 1 aliphatic heterocycles. The van der Waals surface area contributed by atoms with Crippen LogP contribution < -0.4 is 4.74 Å². The maximum Gasteiger partial charge on any atom is 0.216 e. The number of hydrogen-bond donors (Lipinski definition) is 0. The van der Waals surface area contributed by atoms with Gasteiger partial charge in [-0.2, -0.15) is 0 Å². The third kappa shape index (κ3) is 3.63. The molecule has 1 aliphatic rings. The van der Waals surface area contributed by atoms with E-state index in [1.165, 1.54) is 20.8 Å². The zero-order valence-corrected chi connectivity index (χ0v) is 16.2. The van der Waals surface area contributed by atoms with Gasteiger partial charge in [0.2, 0.25) is 5.88 Å². The zero-order valence-electron chi connectivity index (χ0n) is 15.4. The summed E-state index contributed by atoms with van der Waals surface area (Å²) in [5, 5.41) is 1.34. The number of nitrogens with zero attached hydrogens (tertiary/aromatic N) is 3. The van der Waals surface area contributed by atoms with Crippen LogP contribution in [0.25, 0.3) is 10.2 Å². The van der Waals surface area contributed by atoms with Crippen LogP contribution in [0.15, 0.2) is 30.5 Å². The third-order valence-corrected chi connectivity index (χ3v) is 6.15. The molecule has 0 spiro atoms. The number of ether oxygens (including phenoxy) is 2. The summed E-state index contributed by atoms with van der Waals surface area (Å²) in [6.07, 6.45) is 2.63. The van der Waals surface area contributed by atoms with Crippen LogP contribution in [0.2, 0.25) is 0 Å². The van der Waals surface area contributed by atoms with Crippen molar-refractivity contribution in [2.75, 3.05) is 40.0 Å². The van der Waals surface area contributed by atoms with Crippen LogP contribution in [-0.2, 0) is 17.7 Å². The summed E-state index contributed by atoms with van der Waals surface area (Å²) >= 11 is 1.88. The molecule has 0 aliphatic carbocycles. The smallest absolute Gasteiger partial charge is 0.216 e. The first kappa shape index (κ1) is 17.5. The Balaban J connectivity index is 1.53. The summed E-state index contributed by atoms with van der Waals surface area (Å²) in [6, 6.07) is 8.67. The molecular formula is C20H25N3O2S. The normalized spacial score (nSPS) is 15.6. The van der Waals surface area contributed by atoms with Crippen molar-refractivity contribution in [2.24, 2.45) is 0 Å². The van der Waals surface area contributed by atoms with Crippen molar-refractivity contribution in [1.29, 1.82) is 0 Å². The van der Waals surface area contributed by atoms with E-state index in [1.54, 1.807) is 13.3 Å². The van der Waals surface area contributed by atoms with Gasteiger partial charge in [0.05, 0.1) is 20.3 Å². The maximum absolute atomic E-state index is 5.45. The van der Waals surface area contributed by atoms with E-state index in [9.17, 15) is 0 Å². The van der Waals surface area contributed by atoms with Gasteiger partial charge in [-0.05, 0) is 25.1 Å². The van der Waals surface area contributed by atoms with Crippen LogP contribution in [-0.4, -0.2) is 54.4 Å². The van der Waals surface area contributed by atoms with E-state index in [-0.39, 0.29) is 0 Å². The van der Waals surface area contributed by atoms with Crippen LogP contribution >= 0.6 is 11.3 Å².